The number of hydrogen-bond acceptors (Lipinski definition) is 5. The van der Waals surface area contributed by atoms with E-state index < -0.39 is 0 Å². The fraction of sp³-hybridized carbons (Fsp3) is 0.286. The number of carbonyl (C=O) groups excluding carboxylic acids is 1. The molecular weight excluding hydrogens is 394 g/mol. The number of nitrogens with zero attached hydrogens (tertiary/aromatic N) is 3. The summed E-state index contributed by atoms with van der Waals surface area (Å²) in [4.78, 5) is 11.7. The third kappa shape index (κ3) is 4.56. The zero-order valence-corrected chi connectivity index (χ0v) is 17.7. The Bertz CT molecular complexity index is 970. The Balaban J connectivity index is 1.86. The predicted molar refractivity (Wildman–Crippen MR) is 113 cm³/mol. The number of carbonyl (C=O) groups is 1. The fourth-order valence-corrected chi connectivity index (χ4v) is 3.95. The number of benzene rings is 2. The lowest BCUT2D eigenvalue weighted by molar-refractivity contribution is 0.101. The summed E-state index contributed by atoms with van der Waals surface area (Å²) in [6.07, 6.45) is 0. The molecule has 0 fully saturated rings. The largest absolute Gasteiger partial charge is 0.494 e. The number of ether oxygens (including phenoxy) is 1. The van der Waals surface area contributed by atoms with Gasteiger partial charge < -0.3 is 9.30 Å². The second-order valence-corrected chi connectivity index (χ2v) is 7.54. The first kappa shape index (κ1) is 20.4. The first-order valence-corrected chi connectivity index (χ1v) is 10.5. The highest BCUT2D eigenvalue weighted by Gasteiger charge is 2.15. The van der Waals surface area contributed by atoms with E-state index in [1.54, 1.807) is 24.8 Å². The van der Waals surface area contributed by atoms with Crippen LogP contribution in [0.2, 0.25) is 5.02 Å². The molecule has 0 unspecified atom stereocenters. The van der Waals surface area contributed by atoms with Crippen LogP contribution in [0.15, 0.2) is 47.6 Å². The molecule has 0 aliphatic heterocycles. The minimum atomic E-state index is 0.0380. The maximum absolute atomic E-state index is 11.7. The Labute approximate surface area is 174 Å². The number of ketones is 1. The summed E-state index contributed by atoms with van der Waals surface area (Å²) in [6.45, 7) is 6.90. The number of thioether (sulfide) groups is 1. The highest BCUT2D eigenvalue weighted by Crippen LogP contribution is 2.31. The molecule has 7 heteroatoms. The van der Waals surface area contributed by atoms with E-state index in [0.29, 0.717) is 22.9 Å². The van der Waals surface area contributed by atoms with Crippen molar-refractivity contribution >= 4 is 29.1 Å². The molecule has 0 amide bonds. The second-order valence-electron chi connectivity index (χ2n) is 6.16. The van der Waals surface area contributed by atoms with Gasteiger partial charge in [-0.15, -0.1) is 10.2 Å². The Morgan fingerprint density at radius 2 is 1.89 bits per heavy atom. The Kier molecular flexibility index (Phi) is 6.75. The standard InChI is InChI=1S/C21H22ClN3O2S/c1-4-25-20(15-6-9-18(22)10-7-15)23-24-21(25)28-13-17-12-16(14(3)26)8-11-19(17)27-5-2/h6-12H,4-5,13H2,1-3H3. The van der Waals surface area contributed by atoms with Gasteiger partial charge in [-0.2, -0.15) is 0 Å². The maximum atomic E-state index is 11.7. The molecule has 5 nitrogen and oxygen atoms in total. The van der Waals surface area contributed by atoms with Gasteiger partial charge in [0.15, 0.2) is 16.8 Å². The Hall–Kier alpha value is -2.31. The Morgan fingerprint density at radius 3 is 2.54 bits per heavy atom. The van der Waals surface area contributed by atoms with E-state index in [0.717, 1.165) is 34.4 Å². The van der Waals surface area contributed by atoms with E-state index in [1.165, 1.54) is 0 Å². The normalized spacial score (nSPS) is 10.9. The number of halogens is 1. The third-order valence-corrected chi connectivity index (χ3v) is 5.53. The first-order chi connectivity index (χ1) is 13.5. The molecule has 0 atom stereocenters. The van der Waals surface area contributed by atoms with Crippen LogP contribution in [-0.2, 0) is 12.3 Å². The molecule has 1 heterocycles. The zero-order valence-electron chi connectivity index (χ0n) is 16.1. The molecule has 146 valence electrons. The summed E-state index contributed by atoms with van der Waals surface area (Å²) in [5.74, 6) is 2.27. The molecule has 0 spiro atoms. The fourth-order valence-electron chi connectivity index (χ4n) is 2.84. The summed E-state index contributed by atoms with van der Waals surface area (Å²) < 4.78 is 7.79. The lowest BCUT2D eigenvalue weighted by Gasteiger charge is -2.12. The molecule has 0 aliphatic rings. The zero-order chi connectivity index (χ0) is 20.1. The number of rotatable bonds is 8. The van der Waals surface area contributed by atoms with E-state index >= 15 is 0 Å². The van der Waals surface area contributed by atoms with Gasteiger partial charge in [0.05, 0.1) is 6.61 Å². The molecule has 0 bridgehead atoms. The van der Waals surface area contributed by atoms with Crippen LogP contribution in [0.4, 0.5) is 0 Å². The highest BCUT2D eigenvalue weighted by atomic mass is 35.5. The van der Waals surface area contributed by atoms with Crippen molar-refractivity contribution in [2.45, 2.75) is 38.2 Å². The molecular formula is C21H22ClN3O2S. The molecule has 2 aromatic carbocycles. The number of Topliss-reactive ketones (excluding diaryl/α,β-unsaturated/α-hetero) is 1. The lowest BCUT2D eigenvalue weighted by Crippen LogP contribution is -2.02. The van der Waals surface area contributed by atoms with Gasteiger partial charge >= 0.3 is 0 Å². The third-order valence-electron chi connectivity index (χ3n) is 4.26. The van der Waals surface area contributed by atoms with Crippen LogP contribution in [0.5, 0.6) is 5.75 Å². The minimum absolute atomic E-state index is 0.0380. The van der Waals surface area contributed by atoms with E-state index in [9.17, 15) is 4.79 Å². The minimum Gasteiger partial charge on any atom is -0.494 e. The molecule has 3 rings (SSSR count). The molecule has 28 heavy (non-hydrogen) atoms. The van der Waals surface area contributed by atoms with Crippen LogP contribution in [0.1, 0.15) is 36.7 Å². The van der Waals surface area contributed by atoms with Gasteiger partial charge in [-0.25, -0.2) is 0 Å². The first-order valence-electron chi connectivity index (χ1n) is 9.12. The van der Waals surface area contributed by atoms with Crippen molar-refractivity contribution in [1.82, 2.24) is 14.8 Å². The molecule has 0 aliphatic carbocycles. The molecule has 0 radical (unpaired) electrons. The summed E-state index contributed by atoms with van der Waals surface area (Å²) in [5, 5.41) is 10.2. The Morgan fingerprint density at radius 1 is 1.14 bits per heavy atom. The van der Waals surface area contributed by atoms with Gasteiger partial charge in [0.25, 0.3) is 0 Å². The van der Waals surface area contributed by atoms with Crippen molar-refractivity contribution < 1.29 is 9.53 Å². The average molecular weight is 416 g/mol. The molecule has 1 aromatic heterocycles. The topological polar surface area (TPSA) is 57.0 Å². The molecule has 0 N–H and O–H groups in total. The van der Waals surface area contributed by atoms with Gasteiger partial charge in [-0.05, 0) is 63.2 Å². The van der Waals surface area contributed by atoms with Gasteiger partial charge in [0, 0.05) is 34.0 Å². The van der Waals surface area contributed by atoms with Gasteiger partial charge in [0.1, 0.15) is 5.75 Å². The predicted octanol–water partition coefficient (Wildman–Crippen LogP) is 5.51. The average Bonchev–Trinajstić information content (AvgIpc) is 3.10. The van der Waals surface area contributed by atoms with Crippen LogP contribution in [0, 0.1) is 0 Å². The van der Waals surface area contributed by atoms with Gasteiger partial charge in [-0.1, -0.05) is 23.4 Å². The van der Waals surface area contributed by atoms with Crippen molar-refractivity contribution in [1.29, 1.82) is 0 Å². The lowest BCUT2D eigenvalue weighted by atomic mass is 10.1. The summed E-state index contributed by atoms with van der Waals surface area (Å²) >= 11 is 7.56. The van der Waals surface area contributed by atoms with E-state index in [-0.39, 0.29) is 5.78 Å². The van der Waals surface area contributed by atoms with E-state index in [2.05, 4.69) is 21.7 Å². The molecule has 0 saturated heterocycles. The van der Waals surface area contributed by atoms with Gasteiger partial charge in [-0.3, -0.25) is 4.79 Å². The molecule has 0 saturated carbocycles. The van der Waals surface area contributed by atoms with Crippen molar-refractivity contribution in [3.05, 3.63) is 58.6 Å². The quantitative estimate of drug-likeness (QED) is 0.358. The highest BCUT2D eigenvalue weighted by molar-refractivity contribution is 7.98. The van der Waals surface area contributed by atoms with E-state index in [1.807, 2.05) is 43.3 Å². The second kappa shape index (κ2) is 9.26. The summed E-state index contributed by atoms with van der Waals surface area (Å²) in [5.41, 5.74) is 2.62. The summed E-state index contributed by atoms with van der Waals surface area (Å²) in [7, 11) is 0. The van der Waals surface area contributed by atoms with E-state index in [4.69, 9.17) is 16.3 Å². The van der Waals surface area contributed by atoms with Crippen LogP contribution in [-0.4, -0.2) is 27.2 Å². The smallest absolute Gasteiger partial charge is 0.191 e. The van der Waals surface area contributed by atoms with Crippen molar-refractivity contribution in [3.63, 3.8) is 0 Å². The van der Waals surface area contributed by atoms with Crippen molar-refractivity contribution in [2.75, 3.05) is 6.61 Å². The van der Waals surface area contributed by atoms with Gasteiger partial charge in [0.2, 0.25) is 0 Å². The number of aromatic nitrogens is 3. The van der Waals surface area contributed by atoms with Crippen LogP contribution in [0.3, 0.4) is 0 Å². The SMILES string of the molecule is CCOc1ccc(C(C)=O)cc1CSc1nnc(-c2ccc(Cl)cc2)n1CC. The van der Waals surface area contributed by atoms with Crippen LogP contribution < -0.4 is 4.74 Å². The van der Waals surface area contributed by atoms with Crippen molar-refractivity contribution in [2.24, 2.45) is 0 Å². The van der Waals surface area contributed by atoms with Crippen LogP contribution >= 0.6 is 23.4 Å². The monoisotopic (exact) mass is 415 g/mol. The van der Waals surface area contributed by atoms with Crippen LogP contribution in [0.25, 0.3) is 11.4 Å². The number of hydrogen-bond donors (Lipinski definition) is 0. The van der Waals surface area contributed by atoms with Crippen molar-refractivity contribution in [3.8, 4) is 17.1 Å². The molecule has 3 aromatic rings. The summed E-state index contributed by atoms with van der Waals surface area (Å²) in [6, 6.07) is 13.1. The maximum Gasteiger partial charge on any atom is 0.191 e.